The number of thiazole rings is 1. The second-order valence-electron chi connectivity index (χ2n) is 4.55. The Hall–Kier alpha value is -2.05. The van der Waals surface area contributed by atoms with Crippen LogP contribution in [-0.2, 0) is 0 Å². The van der Waals surface area contributed by atoms with Crippen molar-refractivity contribution in [2.45, 2.75) is 0 Å². The Morgan fingerprint density at radius 2 is 1.76 bits per heavy atom. The zero-order valence-electron chi connectivity index (χ0n) is 10.8. The van der Waals surface area contributed by atoms with Gasteiger partial charge in [0.05, 0.1) is 0 Å². The third-order valence-corrected chi connectivity index (χ3v) is 4.65. The van der Waals surface area contributed by atoms with Gasteiger partial charge in [-0.2, -0.15) is 0 Å². The lowest BCUT2D eigenvalue weighted by atomic mass is 10.2. The molecule has 4 nitrogen and oxygen atoms in total. The number of rotatable bonds is 2. The van der Waals surface area contributed by atoms with Crippen molar-refractivity contribution in [3.63, 3.8) is 0 Å². The highest BCUT2D eigenvalue weighted by Gasteiger charge is 2.21. The first-order valence-corrected chi connectivity index (χ1v) is 8.07. The van der Waals surface area contributed by atoms with E-state index in [9.17, 15) is 0 Å². The summed E-state index contributed by atoms with van der Waals surface area (Å²) >= 11 is 5.09. The summed E-state index contributed by atoms with van der Waals surface area (Å²) in [7, 11) is 0. The van der Waals surface area contributed by atoms with Crippen LogP contribution in [0.15, 0.2) is 64.5 Å². The Morgan fingerprint density at radius 1 is 1.00 bits per heavy atom. The van der Waals surface area contributed by atoms with Crippen molar-refractivity contribution < 1.29 is 4.52 Å². The zero-order valence-corrected chi connectivity index (χ0v) is 13.3. The topological polar surface area (TPSA) is 34.8 Å². The molecule has 0 N–H and O–H groups in total. The molecule has 2 aromatic carbocycles. The molecule has 0 radical (unpaired) electrons. The van der Waals surface area contributed by atoms with Crippen LogP contribution in [0.5, 0.6) is 0 Å². The van der Waals surface area contributed by atoms with Crippen LogP contribution in [0, 0.1) is 0 Å². The molecule has 4 rings (SSSR count). The lowest BCUT2D eigenvalue weighted by Gasteiger charge is -1.94. The maximum Gasteiger partial charge on any atom is 0.350 e. The van der Waals surface area contributed by atoms with Gasteiger partial charge >= 0.3 is 4.96 Å². The molecule has 0 unspecified atom stereocenters. The summed E-state index contributed by atoms with van der Waals surface area (Å²) in [5, 5.41) is 10.6. The van der Waals surface area contributed by atoms with E-state index >= 15 is 0 Å². The third kappa shape index (κ3) is 2.16. The van der Waals surface area contributed by atoms with Crippen molar-refractivity contribution in [2.24, 2.45) is 0 Å². The molecule has 0 aliphatic heterocycles. The van der Waals surface area contributed by atoms with Gasteiger partial charge in [0.1, 0.15) is 16.6 Å². The van der Waals surface area contributed by atoms with E-state index in [1.54, 1.807) is 11.3 Å². The van der Waals surface area contributed by atoms with Crippen molar-refractivity contribution >= 4 is 32.2 Å². The van der Waals surface area contributed by atoms with Gasteiger partial charge in [0.2, 0.25) is 0 Å². The first kappa shape index (κ1) is 12.7. The van der Waals surface area contributed by atoms with Gasteiger partial charge in [-0.15, -0.1) is 0 Å². The Morgan fingerprint density at radius 3 is 2.52 bits per heavy atom. The van der Waals surface area contributed by atoms with Crippen LogP contribution >= 0.6 is 27.3 Å². The van der Waals surface area contributed by atoms with E-state index in [1.807, 2.05) is 51.7 Å². The van der Waals surface area contributed by atoms with Gasteiger partial charge in [-0.05, 0) is 28.9 Å². The van der Waals surface area contributed by atoms with E-state index in [4.69, 9.17) is 0 Å². The Labute approximate surface area is 133 Å². The van der Waals surface area contributed by atoms with Gasteiger partial charge < -0.3 is 0 Å². The molecule has 0 bridgehead atoms. The Balaban J connectivity index is 1.87. The summed E-state index contributed by atoms with van der Waals surface area (Å²) < 4.78 is 4.80. The van der Waals surface area contributed by atoms with Crippen LogP contribution in [-0.4, -0.2) is 15.1 Å². The fourth-order valence-corrected chi connectivity index (χ4v) is 3.39. The summed E-state index contributed by atoms with van der Waals surface area (Å²) in [6.07, 6.45) is 0. The molecule has 0 spiro atoms. The minimum atomic E-state index is 0.985. The minimum Gasteiger partial charge on any atom is -0.0869 e. The summed E-state index contributed by atoms with van der Waals surface area (Å²) in [6.45, 7) is 0. The van der Waals surface area contributed by atoms with Crippen LogP contribution in [0.1, 0.15) is 0 Å². The third-order valence-electron chi connectivity index (χ3n) is 3.23. The summed E-state index contributed by atoms with van der Waals surface area (Å²) in [5.74, 6) is 0. The standard InChI is InChI=1S/C15H10BrN4S/c16-12-8-6-11(7-9-12)14-10-21-15-19(17-18-20(14)15)13-4-2-1-3-5-13/h1-10H/q+1. The number of nitrogens with zero attached hydrogens (tertiary/aromatic N) is 4. The maximum atomic E-state index is 4.28. The molecule has 0 saturated heterocycles. The van der Waals surface area contributed by atoms with Crippen LogP contribution < -0.4 is 4.52 Å². The van der Waals surface area contributed by atoms with E-state index < -0.39 is 0 Å². The number of hydrogen-bond donors (Lipinski definition) is 0. The quantitative estimate of drug-likeness (QED) is 0.514. The average molecular weight is 358 g/mol. The summed E-state index contributed by atoms with van der Waals surface area (Å²) in [6, 6.07) is 18.2. The van der Waals surface area contributed by atoms with Crippen molar-refractivity contribution in [3.05, 3.63) is 64.5 Å². The van der Waals surface area contributed by atoms with Crippen LogP contribution in [0.4, 0.5) is 0 Å². The predicted octanol–water partition coefficient (Wildman–Crippen LogP) is 3.50. The molecule has 102 valence electrons. The molecule has 21 heavy (non-hydrogen) atoms. The monoisotopic (exact) mass is 357 g/mol. The maximum absolute atomic E-state index is 4.28. The predicted molar refractivity (Wildman–Crippen MR) is 85.5 cm³/mol. The van der Waals surface area contributed by atoms with Gasteiger partial charge in [-0.3, -0.25) is 0 Å². The molecule has 2 heterocycles. The van der Waals surface area contributed by atoms with Crippen molar-refractivity contribution in [2.75, 3.05) is 0 Å². The highest BCUT2D eigenvalue weighted by molar-refractivity contribution is 9.10. The van der Waals surface area contributed by atoms with E-state index in [-0.39, 0.29) is 0 Å². The average Bonchev–Trinajstić information content (AvgIpc) is 3.11. The highest BCUT2D eigenvalue weighted by Crippen LogP contribution is 2.23. The molecule has 6 heteroatoms. The molecule has 0 amide bonds. The SMILES string of the molecule is Brc1ccc(-c2csc3n(-c4ccccc4)nn[n+]23)cc1. The largest absolute Gasteiger partial charge is 0.350 e. The van der Waals surface area contributed by atoms with Crippen LogP contribution in [0.25, 0.3) is 21.9 Å². The smallest absolute Gasteiger partial charge is 0.0869 e. The second kappa shape index (κ2) is 5.05. The molecule has 2 aromatic heterocycles. The molecular weight excluding hydrogens is 348 g/mol. The number of fused-ring (bicyclic) bond motifs is 1. The molecular formula is C15H10BrN4S+. The summed E-state index contributed by atoms with van der Waals surface area (Å²) in [5.41, 5.74) is 3.18. The van der Waals surface area contributed by atoms with E-state index in [0.717, 1.165) is 26.4 Å². The number of aromatic nitrogens is 4. The Kier molecular flexibility index (Phi) is 3.05. The molecule has 0 atom stereocenters. The van der Waals surface area contributed by atoms with Gasteiger partial charge in [0.25, 0.3) is 0 Å². The van der Waals surface area contributed by atoms with Gasteiger partial charge in [0, 0.05) is 15.4 Å². The lowest BCUT2D eigenvalue weighted by Crippen LogP contribution is -2.23. The zero-order chi connectivity index (χ0) is 14.2. The van der Waals surface area contributed by atoms with Crippen molar-refractivity contribution in [1.82, 2.24) is 15.1 Å². The minimum absolute atomic E-state index is 0.985. The molecule has 0 aliphatic carbocycles. The molecule has 0 aliphatic rings. The molecule has 0 fully saturated rings. The lowest BCUT2D eigenvalue weighted by molar-refractivity contribution is -0.566. The van der Waals surface area contributed by atoms with Crippen LogP contribution in [0.3, 0.4) is 0 Å². The number of para-hydroxylation sites is 1. The normalized spacial score (nSPS) is 11.1. The highest BCUT2D eigenvalue weighted by atomic mass is 79.9. The fraction of sp³-hybridized carbons (Fsp3) is 0. The van der Waals surface area contributed by atoms with Crippen LogP contribution in [0.2, 0.25) is 0 Å². The number of benzene rings is 2. The van der Waals surface area contributed by atoms with Crippen molar-refractivity contribution in [1.29, 1.82) is 0 Å². The molecule has 0 saturated carbocycles. The van der Waals surface area contributed by atoms with Crippen molar-refractivity contribution in [3.8, 4) is 16.9 Å². The number of hydrogen-bond acceptors (Lipinski definition) is 3. The first-order chi connectivity index (χ1) is 10.3. The summed E-state index contributed by atoms with van der Waals surface area (Å²) in [4.78, 5) is 0.985. The van der Waals surface area contributed by atoms with E-state index in [2.05, 4.69) is 43.9 Å². The number of halogens is 1. The van der Waals surface area contributed by atoms with E-state index in [1.165, 1.54) is 0 Å². The second-order valence-corrected chi connectivity index (χ2v) is 6.30. The number of tetrazole rings is 1. The Bertz CT molecular complexity index is 896. The van der Waals surface area contributed by atoms with Gasteiger partial charge in [-0.1, -0.05) is 62.1 Å². The van der Waals surface area contributed by atoms with E-state index in [0.29, 0.717) is 0 Å². The first-order valence-electron chi connectivity index (χ1n) is 6.39. The fourth-order valence-electron chi connectivity index (χ4n) is 2.20. The van der Waals surface area contributed by atoms with Gasteiger partial charge in [-0.25, -0.2) is 0 Å². The van der Waals surface area contributed by atoms with Gasteiger partial charge in [0.15, 0.2) is 5.21 Å². The molecule has 4 aromatic rings.